The van der Waals surface area contributed by atoms with E-state index < -0.39 is 0 Å². The zero-order chi connectivity index (χ0) is 17.9. The van der Waals surface area contributed by atoms with Crippen LogP contribution in [0.4, 0.5) is 11.4 Å². The van der Waals surface area contributed by atoms with E-state index >= 15 is 0 Å². The second-order valence-electron chi connectivity index (χ2n) is 6.14. The smallest absolute Gasteiger partial charge is 0.270 e. The van der Waals surface area contributed by atoms with Crippen molar-refractivity contribution < 1.29 is 4.79 Å². The molecule has 26 heavy (non-hydrogen) atoms. The van der Waals surface area contributed by atoms with Gasteiger partial charge in [-0.25, -0.2) is 4.98 Å². The molecular formula is C20H17N5O. The van der Waals surface area contributed by atoms with Crippen LogP contribution in [-0.4, -0.2) is 22.4 Å². The van der Waals surface area contributed by atoms with E-state index in [4.69, 9.17) is 0 Å². The third-order valence-corrected chi connectivity index (χ3v) is 4.51. The molecule has 1 aromatic heterocycles. The summed E-state index contributed by atoms with van der Waals surface area (Å²) in [6.45, 7) is 0.620. The highest BCUT2D eigenvalue weighted by Gasteiger charge is 2.24. The highest BCUT2D eigenvalue weighted by Crippen LogP contribution is 2.28. The summed E-state index contributed by atoms with van der Waals surface area (Å²) in [6.07, 6.45) is 4.94. The summed E-state index contributed by atoms with van der Waals surface area (Å²) in [5.74, 6) is -0.283. The van der Waals surface area contributed by atoms with Crippen molar-refractivity contribution in [1.82, 2.24) is 9.97 Å². The first-order chi connectivity index (χ1) is 12.8. The summed E-state index contributed by atoms with van der Waals surface area (Å²) in [4.78, 5) is 21.8. The Morgan fingerprint density at radius 3 is 3.08 bits per heavy atom. The average Bonchev–Trinajstić information content (AvgIpc) is 3.15. The lowest BCUT2D eigenvalue weighted by Crippen LogP contribution is -2.36. The number of aromatic nitrogens is 2. The van der Waals surface area contributed by atoms with E-state index in [0.717, 1.165) is 40.8 Å². The number of benzene rings is 2. The Labute approximate surface area is 150 Å². The molecule has 2 heterocycles. The number of para-hydroxylation sites is 1. The molecule has 1 aliphatic rings. The van der Waals surface area contributed by atoms with Crippen LogP contribution in [0.15, 0.2) is 60.6 Å². The van der Waals surface area contributed by atoms with Crippen LogP contribution in [0.3, 0.4) is 0 Å². The van der Waals surface area contributed by atoms with Gasteiger partial charge in [0.25, 0.3) is 5.91 Å². The maximum absolute atomic E-state index is 12.9. The molecule has 0 saturated heterocycles. The average molecular weight is 343 g/mol. The number of imidazole rings is 1. The van der Waals surface area contributed by atoms with Gasteiger partial charge in [0.1, 0.15) is 11.6 Å². The molecule has 0 bridgehead atoms. The molecule has 6 heteroatoms. The normalized spacial score (nSPS) is 14.0. The maximum Gasteiger partial charge on any atom is 0.270 e. The van der Waals surface area contributed by atoms with Crippen LogP contribution in [0.2, 0.25) is 0 Å². The van der Waals surface area contributed by atoms with Gasteiger partial charge in [-0.05, 0) is 42.7 Å². The Kier molecular flexibility index (Phi) is 4.12. The van der Waals surface area contributed by atoms with Crippen molar-refractivity contribution in [1.29, 1.82) is 5.26 Å². The van der Waals surface area contributed by atoms with Crippen LogP contribution < -0.4 is 10.2 Å². The van der Waals surface area contributed by atoms with Gasteiger partial charge in [0.2, 0.25) is 0 Å². The van der Waals surface area contributed by atoms with Gasteiger partial charge in [0.15, 0.2) is 0 Å². The molecule has 0 radical (unpaired) electrons. The van der Waals surface area contributed by atoms with Gasteiger partial charge in [-0.2, -0.15) is 5.26 Å². The fraction of sp³-hybridized carbons (Fsp3) is 0.150. The summed E-state index contributed by atoms with van der Waals surface area (Å²) in [6, 6.07) is 15.5. The number of nitrogens with zero attached hydrogens (tertiary/aromatic N) is 3. The second-order valence-corrected chi connectivity index (χ2v) is 6.14. The molecule has 2 N–H and O–H groups in total. The molecule has 128 valence electrons. The van der Waals surface area contributed by atoms with Gasteiger partial charge in [0, 0.05) is 24.1 Å². The predicted octanol–water partition coefficient (Wildman–Crippen LogP) is 3.36. The van der Waals surface area contributed by atoms with Crippen LogP contribution in [0.5, 0.6) is 0 Å². The lowest BCUT2D eigenvalue weighted by molar-refractivity contribution is -0.114. The predicted molar refractivity (Wildman–Crippen MR) is 101 cm³/mol. The highest BCUT2D eigenvalue weighted by molar-refractivity contribution is 6.09. The van der Waals surface area contributed by atoms with Crippen molar-refractivity contribution in [3.8, 4) is 6.07 Å². The number of nitrogens with one attached hydrogen (secondary N) is 2. The lowest BCUT2D eigenvalue weighted by Gasteiger charge is -2.29. The molecule has 0 saturated carbocycles. The van der Waals surface area contributed by atoms with E-state index in [1.54, 1.807) is 11.2 Å². The van der Waals surface area contributed by atoms with Gasteiger partial charge < -0.3 is 15.2 Å². The number of carbonyl (C=O) groups excluding carboxylic acids is 1. The molecule has 4 rings (SSSR count). The first-order valence-corrected chi connectivity index (χ1v) is 8.46. The van der Waals surface area contributed by atoms with E-state index in [1.165, 1.54) is 6.20 Å². The van der Waals surface area contributed by atoms with Gasteiger partial charge in [-0.3, -0.25) is 4.79 Å². The minimum Gasteiger partial charge on any atom is -0.360 e. The number of hydrogen-bond acceptors (Lipinski definition) is 4. The van der Waals surface area contributed by atoms with Crippen LogP contribution in [-0.2, 0) is 11.2 Å². The van der Waals surface area contributed by atoms with E-state index in [9.17, 15) is 10.1 Å². The zero-order valence-corrected chi connectivity index (χ0v) is 14.1. The van der Waals surface area contributed by atoms with Crippen molar-refractivity contribution in [2.24, 2.45) is 0 Å². The third-order valence-electron chi connectivity index (χ3n) is 4.51. The quantitative estimate of drug-likeness (QED) is 0.564. The first-order valence-electron chi connectivity index (χ1n) is 8.46. The Bertz CT molecular complexity index is 1040. The van der Waals surface area contributed by atoms with Gasteiger partial charge in [-0.1, -0.05) is 18.2 Å². The van der Waals surface area contributed by atoms with Gasteiger partial charge >= 0.3 is 0 Å². The fourth-order valence-electron chi connectivity index (χ4n) is 3.21. The number of amides is 1. The van der Waals surface area contributed by atoms with Crippen molar-refractivity contribution in [3.05, 3.63) is 66.1 Å². The van der Waals surface area contributed by atoms with Crippen molar-refractivity contribution in [2.75, 3.05) is 16.8 Å². The zero-order valence-electron chi connectivity index (χ0n) is 14.1. The third kappa shape index (κ3) is 2.91. The molecule has 2 aromatic carbocycles. The Balaban J connectivity index is 1.58. The number of aromatic amines is 1. The van der Waals surface area contributed by atoms with Crippen LogP contribution >= 0.6 is 0 Å². The number of anilines is 2. The summed E-state index contributed by atoms with van der Waals surface area (Å²) < 4.78 is 0. The summed E-state index contributed by atoms with van der Waals surface area (Å²) >= 11 is 0. The van der Waals surface area contributed by atoms with Crippen LogP contribution in [0.25, 0.3) is 11.0 Å². The number of rotatable bonds is 3. The number of carbonyl (C=O) groups is 1. The minimum absolute atomic E-state index is 0.0754. The number of H-pyrrole nitrogens is 1. The monoisotopic (exact) mass is 343 g/mol. The van der Waals surface area contributed by atoms with Gasteiger partial charge in [0.05, 0.1) is 17.4 Å². The molecule has 1 aliphatic heterocycles. The number of nitriles is 1. The van der Waals surface area contributed by atoms with Crippen LogP contribution in [0, 0.1) is 11.3 Å². The van der Waals surface area contributed by atoms with E-state index in [2.05, 4.69) is 15.3 Å². The largest absolute Gasteiger partial charge is 0.360 e. The Morgan fingerprint density at radius 1 is 1.31 bits per heavy atom. The first kappa shape index (κ1) is 15.9. The molecule has 6 nitrogen and oxygen atoms in total. The summed E-state index contributed by atoms with van der Waals surface area (Å²) in [7, 11) is 0. The van der Waals surface area contributed by atoms with E-state index in [1.807, 2.05) is 48.5 Å². The van der Waals surface area contributed by atoms with E-state index in [0.29, 0.717) is 6.54 Å². The molecule has 0 fully saturated rings. The molecule has 0 atom stereocenters. The molecule has 0 unspecified atom stereocenters. The summed E-state index contributed by atoms with van der Waals surface area (Å²) in [5.41, 5.74) is 4.64. The van der Waals surface area contributed by atoms with Gasteiger partial charge in [-0.15, -0.1) is 0 Å². The molecule has 0 aliphatic carbocycles. The number of hydrogen-bond donors (Lipinski definition) is 2. The van der Waals surface area contributed by atoms with Crippen molar-refractivity contribution in [3.63, 3.8) is 0 Å². The maximum atomic E-state index is 12.9. The Morgan fingerprint density at radius 2 is 2.19 bits per heavy atom. The standard InChI is InChI=1S/C20H17N5O/c21-11-15(12-22-16-7-8-17-18(10-16)24-13-23-17)20(26)25-9-3-5-14-4-1-2-6-19(14)25/h1-2,4,6-8,10,12-13,22H,3,5,9H2,(H,23,24)/b15-12-. The van der Waals surface area contributed by atoms with Crippen molar-refractivity contribution >= 4 is 28.3 Å². The molecule has 1 amide bonds. The minimum atomic E-state index is -0.283. The fourth-order valence-corrected chi connectivity index (χ4v) is 3.21. The molecular weight excluding hydrogens is 326 g/mol. The van der Waals surface area contributed by atoms with Crippen LogP contribution in [0.1, 0.15) is 12.0 Å². The topological polar surface area (TPSA) is 84.8 Å². The number of fused-ring (bicyclic) bond motifs is 2. The van der Waals surface area contributed by atoms with E-state index in [-0.39, 0.29) is 11.5 Å². The molecule has 0 spiro atoms. The Hall–Kier alpha value is -3.59. The van der Waals surface area contributed by atoms with Crippen molar-refractivity contribution in [2.45, 2.75) is 12.8 Å². The number of aryl methyl sites for hydroxylation is 1. The SMILES string of the molecule is N#C/C(=C/Nc1ccc2nc[nH]c2c1)C(=O)N1CCCc2ccccc21. The lowest BCUT2D eigenvalue weighted by atomic mass is 10.0. The summed E-state index contributed by atoms with van der Waals surface area (Å²) in [5, 5.41) is 12.5. The highest BCUT2D eigenvalue weighted by atomic mass is 16.2. The molecule has 3 aromatic rings. The second kappa shape index (κ2) is 6.73.